The van der Waals surface area contributed by atoms with E-state index >= 15 is 0 Å². The van der Waals surface area contributed by atoms with Crippen LogP contribution in [-0.4, -0.2) is 43.9 Å². The summed E-state index contributed by atoms with van der Waals surface area (Å²) in [6.45, 7) is 1.73. The van der Waals surface area contributed by atoms with Crippen molar-refractivity contribution in [2.45, 2.75) is 32.0 Å². The number of amides is 3. The molecule has 1 aliphatic heterocycles. The maximum Gasteiger partial charge on any atom is 0.315 e. The fourth-order valence-corrected chi connectivity index (χ4v) is 4.02. The molecule has 1 fully saturated rings. The average molecular weight is 357 g/mol. The highest BCUT2D eigenvalue weighted by atomic mass is 32.2. The third kappa shape index (κ3) is 5.48. The van der Waals surface area contributed by atoms with E-state index in [1.807, 2.05) is 0 Å². The molecule has 24 heavy (non-hydrogen) atoms. The number of sulfone groups is 1. The number of carbonyl (C=O) groups excluding carboxylic acids is 2. The molecule has 0 aromatic heterocycles. The van der Waals surface area contributed by atoms with Crippen molar-refractivity contribution in [1.29, 1.82) is 0 Å². The molecule has 1 saturated heterocycles. The number of hydrogen-bond donors (Lipinski definition) is 3. The SMILES string of the molecule is C[C@@H](NC(=O)NC1CCS(=O)(=O)C1)C(=O)NCc1ccc(F)cc1. The topological polar surface area (TPSA) is 104 Å². The van der Waals surface area contributed by atoms with Crippen LogP contribution in [0.25, 0.3) is 0 Å². The zero-order chi connectivity index (χ0) is 17.7. The second-order valence-electron chi connectivity index (χ2n) is 5.78. The molecule has 0 saturated carbocycles. The van der Waals surface area contributed by atoms with Gasteiger partial charge in [-0.25, -0.2) is 17.6 Å². The van der Waals surface area contributed by atoms with Crippen molar-refractivity contribution in [3.05, 3.63) is 35.6 Å². The molecule has 0 radical (unpaired) electrons. The Morgan fingerprint density at radius 3 is 2.54 bits per heavy atom. The molecule has 2 rings (SSSR count). The van der Waals surface area contributed by atoms with Crippen molar-refractivity contribution < 1.29 is 22.4 Å². The van der Waals surface area contributed by atoms with Crippen LogP contribution in [0.4, 0.5) is 9.18 Å². The van der Waals surface area contributed by atoms with Crippen LogP contribution in [0.3, 0.4) is 0 Å². The summed E-state index contributed by atoms with van der Waals surface area (Å²) in [7, 11) is -3.08. The van der Waals surface area contributed by atoms with Gasteiger partial charge in [0.05, 0.1) is 11.5 Å². The van der Waals surface area contributed by atoms with Gasteiger partial charge in [-0.3, -0.25) is 4.79 Å². The second kappa shape index (κ2) is 7.61. The Morgan fingerprint density at radius 1 is 1.29 bits per heavy atom. The lowest BCUT2D eigenvalue weighted by Gasteiger charge is -2.17. The molecule has 0 aliphatic carbocycles. The molecule has 1 unspecified atom stereocenters. The molecule has 132 valence electrons. The van der Waals surface area contributed by atoms with Gasteiger partial charge in [-0.05, 0) is 31.0 Å². The van der Waals surface area contributed by atoms with Crippen LogP contribution < -0.4 is 16.0 Å². The number of rotatable bonds is 5. The van der Waals surface area contributed by atoms with Crippen molar-refractivity contribution in [3.8, 4) is 0 Å². The van der Waals surface area contributed by atoms with E-state index in [-0.39, 0.29) is 23.9 Å². The first-order valence-corrected chi connectivity index (χ1v) is 9.37. The number of benzene rings is 1. The summed E-state index contributed by atoms with van der Waals surface area (Å²) < 4.78 is 35.5. The Bertz CT molecular complexity index is 706. The lowest BCUT2D eigenvalue weighted by atomic mass is 10.2. The quantitative estimate of drug-likeness (QED) is 0.706. The van der Waals surface area contributed by atoms with Crippen molar-refractivity contribution in [3.63, 3.8) is 0 Å². The van der Waals surface area contributed by atoms with E-state index in [9.17, 15) is 22.4 Å². The highest BCUT2D eigenvalue weighted by Gasteiger charge is 2.29. The Labute approximate surface area is 139 Å². The molecule has 3 N–H and O–H groups in total. The molecule has 0 bridgehead atoms. The van der Waals surface area contributed by atoms with Gasteiger partial charge in [0, 0.05) is 12.6 Å². The maximum absolute atomic E-state index is 12.8. The van der Waals surface area contributed by atoms with E-state index in [0.29, 0.717) is 6.42 Å². The molecule has 1 aromatic carbocycles. The lowest BCUT2D eigenvalue weighted by molar-refractivity contribution is -0.122. The molecule has 2 atom stereocenters. The predicted octanol–water partition coefficient (Wildman–Crippen LogP) is 0.317. The molecule has 0 spiro atoms. The Hall–Kier alpha value is -2.16. The normalized spacial score (nSPS) is 20.2. The third-order valence-electron chi connectivity index (χ3n) is 3.69. The first-order chi connectivity index (χ1) is 11.2. The highest BCUT2D eigenvalue weighted by Crippen LogP contribution is 2.10. The minimum atomic E-state index is -3.08. The minimum absolute atomic E-state index is 0.0612. The summed E-state index contributed by atoms with van der Waals surface area (Å²) in [5, 5.41) is 7.64. The summed E-state index contributed by atoms with van der Waals surface area (Å²) in [6.07, 6.45) is 0.376. The van der Waals surface area contributed by atoms with Gasteiger partial charge in [-0.15, -0.1) is 0 Å². The van der Waals surface area contributed by atoms with Crippen LogP contribution in [0.2, 0.25) is 0 Å². The number of urea groups is 1. The molecule has 1 aliphatic rings. The van der Waals surface area contributed by atoms with Gasteiger partial charge in [0.1, 0.15) is 11.9 Å². The van der Waals surface area contributed by atoms with E-state index in [4.69, 9.17) is 0 Å². The number of carbonyl (C=O) groups is 2. The molecular formula is C15H20FN3O4S. The van der Waals surface area contributed by atoms with E-state index in [1.165, 1.54) is 19.1 Å². The number of halogens is 1. The van der Waals surface area contributed by atoms with Crippen LogP contribution >= 0.6 is 0 Å². The molecule has 1 aromatic rings. The lowest BCUT2D eigenvalue weighted by Crippen LogP contribution is -2.50. The fourth-order valence-electron chi connectivity index (χ4n) is 2.34. The van der Waals surface area contributed by atoms with Gasteiger partial charge >= 0.3 is 6.03 Å². The summed E-state index contributed by atoms with van der Waals surface area (Å²) in [5.41, 5.74) is 0.734. The molecule has 1 heterocycles. The zero-order valence-corrected chi connectivity index (χ0v) is 14.0. The fraction of sp³-hybridized carbons (Fsp3) is 0.467. The van der Waals surface area contributed by atoms with Gasteiger partial charge in [0.2, 0.25) is 5.91 Å². The minimum Gasteiger partial charge on any atom is -0.350 e. The molecule has 3 amide bonds. The standard InChI is InChI=1S/C15H20FN3O4S/c1-10(14(20)17-8-11-2-4-12(16)5-3-11)18-15(21)19-13-6-7-24(22,23)9-13/h2-5,10,13H,6-9H2,1H3,(H,17,20)(H2,18,19,21)/t10-,13?/m1/s1. The summed E-state index contributed by atoms with van der Waals surface area (Å²) in [5.74, 6) is -0.767. The summed E-state index contributed by atoms with van der Waals surface area (Å²) >= 11 is 0. The predicted molar refractivity (Wildman–Crippen MR) is 86.4 cm³/mol. The summed E-state index contributed by atoms with van der Waals surface area (Å²) in [4.78, 5) is 23.7. The third-order valence-corrected chi connectivity index (χ3v) is 5.46. The number of hydrogen-bond acceptors (Lipinski definition) is 4. The van der Waals surface area contributed by atoms with E-state index in [0.717, 1.165) is 5.56 Å². The maximum atomic E-state index is 12.8. The monoisotopic (exact) mass is 357 g/mol. The first-order valence-electron chi connectivity index (χ1n) is 7.55. The molecule has 7 nitrogen and oxygen atoms in total. The summed E-state index contributed by atoms with van der Waals surface area (Å²) in [6, 6.07) is 3.91. The van der Waals surface area contributed by atoms with Crippen molar-refractivity contribution in [2.75, 3.05) is 11.5 Å². The Kier molecular flexibility index (Phi) is 5.76. The van der Waals surface area contributed by atoms with Crippen molar-refractivity contribution in [2.24, 2.45) is 0 Å². The largest absolute Gasteiger partial charge is 0.350 e. The van der Waals surface area contributed by atoms with E-state index < -0.39 is 33.9 Å². The van der Waals surface area contributed by atoms with Gasteiger partial charge in [0.15, 0.2) is 9.84 Å². The first kappa shape index (κ1) is 18.2. The van der Waals surface area contributed by atoms with Crippen LogP contribution in [0.1, 0.15) is 18.9 Å². The van der Waals surface area contributed by atoms with Crippen LogP contribution in [0.5, 0.6) is 0 Å². The zero-order valence-electron chi connectivity index (χ0n) is 13.2. The second-order valence-corrected chi connectivity index (χ2v) is 8.01. The van der Waals surface area contributed by atoms with Gasteiger partial charge < -0.3 is 16.0 Å². The van der Waals surface area contributed by atoms with Crippen LogP contribution in [0.15, 0.2) is 24.3 Å². The Morgan fingerprint density at radius 2 is 1.96 bits per heavy atom. The average Bonchev–Trinajstić information content (AvgIpc) is 2.84. The molecule has 9 heteroatoms. The van der Waals surface area contributed by atoms with Crippen LogP contribution in [0, 0.1) is 5.82 Å². The molecular weight excluding hydrogens is 337 g/mol. The van der Waals surface area contributed by atoms with E-state index in [2.05, 4.69) is 16.0 Å². The smallest absolute Gasteiger partial charge is 0.315 e. The van der Waals surface area contributed by atoms with Crippen molar-refractivity contribution in [1.82, 2.24) is 16.0 Å². The van der Waals surface area contributed by atoms with Crippen molar-refractivity contribution >= 4 is 21.8 Å². The number of nitrogens with one attached hydrogen (secondary N) is 3. The van der Waals surface area contributed by atoms with E-state index in [1.54, 1.807) is 12.1 Å². The van der Waals surface area contributed by atoms with Gasteiger partial charge in [-0.1, -0.05) is 12.1 Å². The van der Waals surface area contributed by atoms with Gasteiger partial charge in [-0.2, -0.15) is 0 Å². The van der Waals surface area contributed by atoms with Gasteiger partial charge in [0.25, 0.3) is 0 Å². The van der Waals surface area contributed by atoms with Crippen LogP contribution in [-0.2, 0) is 21.2 Å². The highest BCUT2D eigenvalue weighted by molar-refractivity contribution is 7.91. The Balaban J connectivity index is 1.74.